The highest BCUT2D eigenvalue weighted by molar-refractivity contribution is 8.23. The lowest BCUT2D eigenvalue weighted by Gasteiger charge is -2.31. The number of benzene rings is 2. The third kappa shape index (κ3) is 5.50. The number of aryl methyl sites for hydroxylation is 2. The van der Waals surface area contributed by atoms with Gasteiger partial charge in [0.05, 0.1) is 5.75 Å². The van der Waals surface area contributed by atoms with E-state index in [1.807, 2.05) is 54.6 Å². The topological polar surface area (TPSA) is 71.7 Å². The summed E-state index contributed by atoms with van der Waals surface area (Å²) in [6, 6.07) is 17.4. The molecular formula is C23H27NO4S. The second-order valence-electron chi connectivity index (χ2n) is 7.20. The van der Waals surface area contributed by atoms with E-state index in [0.717, 1.165) is 22.3 Å². The predicted octanol–water partition coefficient (Wildman–Crippen LogP) is 5.21. The summed E-state index contributed by atoms with van der Waals surface area (Å²) in [5.41, 5.74) is 4.21. The molecule has 0 aliphatic heterocycles. The van der Waals surface area contributed by atoms with E-state index in [1.165, 1.54) is 0 Å². The molecule has 6 heteroatoms. The summed E-state index contributed by atoms with van der Waals surface area (Å²) >= 11 is 0. The Morgan fingerprint density at radius 3 is 2.38 bits per heavy atom. The number of rotatable bonds is 7. The molecule has 1 heterocycles. The van der Waals surface area contributed by atoms with Gasteiger partial charge in [0.2, 0.25) is 0 Å². The molecule has 0 bridgehead atoms. The van der Waals surface area contributed by atoms with Gasteiger partial charge in [0.15, 0.2) is 0 Å². The monoisotopic (exact) mass is 413 g/mol. The fourth-order valence-electron chi connectivity index (χ4n) is 3.14. The Morgan fingerprint density at radius 2 is 1.72 bits per heavy atom. The van der Waals surface area contributed by atoms with Crippen molar-refractivity contribution in [1.29, 1.82) is 0 Å². The minimum Gasteiger partial charge on any atom is -0.489 e. The fourth-order valence-corrected chi connectivity index (χ4v) is 4.04. The summed E-state index contributed by atoms with van der Waals surface area (Å²) in [6.45, 7) is 3.97. The van der Waals surface area contributed by atoms with Gasteiger partial charge in [0.25, 0.3) is 5.56 Å². The summed E-state index contributed by atoms with van der Waals surface area (Å²) < 4.78 is 28.0. The molecule has 2 N–H and O–H groups in total. The minimum absolute atomic E-state index is 0.0365. The Labute approximate surface area is 173 Å². The van der Waals surface area contributed by atoms with Crippen molar-refractivity contribution in [2.24, 2.45) is 7.05 Å². The van der Waals surface area contributed by atoms with Gasteiger partial charge >= 0.3 is 0 Å². The summed E-state index contributed by atoms with van der Waals surface area (Å²) in [5, 5.41) is 0. The van der Waals surface area contributed by atoms with Gasteiger partial charge < -0.3 is 9.30 Å². The number of pyridine rings is 1. The fraction of sp³-hybridized carbons (Fsp3) is 0.261. The van der Waals surface area contributed by atoms with E-state index in [2.05, 4.69) is 0 Å². The lowest BCUT2D eigenvalue weighted by Crippen LogP contribution is -2.18. The lowest BCUT2D eigenvalue weighted by atomic mass is 10.0. The van der Waals surface area contributed by atoms with E-state index >= 15 is 0 Å². The maximum Gasteiger partial charge on any atom is 0.253 e. The van der Waals surface area contributed by atoms with Crippen LogP contribution in [0.3, 0.4) is 0 Å². The molecule has 0 unspecified atom stereocenters. The molecule has 0 radical (unpaired) electrons. The second kappa shape index (κ2) is 8.86. The SMILES string of the molecule is CCS(O)(O)Cc1cc(OCc2ccccc2)cc(-c2cc(C)c(=O)n(C)c2)c1. The van der Waals surface area contributed by atoms with Crippen molar-refractivity contribution in [1.82, 2.24) is 4.57 Å². The van der Waals surface area contributed by atoms with Gasteiger partial charge in [0, 0.05) is 24.6 Å². The van der Waals surface area contributed by atoms with Crippen molar-refractivity contribution in [3.63, 3.8) is 0 Å². The zero-order valence-corrected chi connectivity index (χ0v) is 17.8. The normalized spacial score (nSPS) is 12.0. The zero-order chi connectivity index (χ0) is 21.0. The first kappa shape index (κ1) is 21.2. The van der Waals surface area contributed by atoms with Gasteiger partial charge in [-0.2, -0.15) is 10.6 Å². The molecule has 3 rings (SSSR count). The molecule has 154 valence electrons. The Bertz CT molecular complexity index is 1020. The highest BCUT2D eigenvalue weighted by atomic mass is 32.3. The molecule has 2 aromatic carbocycles. The predicted molar refractivity (Wildman–Crippen MR) is 120 cm³/mol. The highest BCUT2D eigenvalue weighted by Crippen LogP contribution is 2.43. The van der Waals surface area contributed by atoms with E-state index in [0.29, 0.717) is 23.7 Å². The average Bonchev–Trinajstić information content (AvgIpc) is 2.70. The van der Waals surface area contributed by atoms with Crippen LogP contribution in [-0.2, 0) is 19.4 Å². The number of aromatic nitrogens is 1. The van der Waals surface area contributed by atoms with Gasteiger partial charge in [-0.3, -0.25) is 13.9 Å². The smallest absolute Gasteiger partial charge is 0.253 e. The molecule has 0 amide bonds. The van der Waals surface area contributed by atoms with Gasteiger partial charge in [-0.05, 0) is 60.4 Å². The molecule has 29 heavy (non-hydrogen) atoms. The van der Waals surface area contributed by atoms with Gasteiger partial charge in [-0.15, -0.1) is 0 Å². The maximum absolute atomic E-state index is 12.0. The van der Waals surface area contributed by atoms with Crippen molar-refractivity contribution in [2.45, 2.75) is 26.2 Å². The molecule has 0 atom stereocenters. The van der Waals surface area contributed by atoms with E-state index < -0.39 is 10.6 Å². The van der Waals surface area contributed by atoms with Gasteiger partial charge in [0.1, 0.15) is 12.4 Å². The van der Waals surface area contributed by atoms with Crippen LogP contribution >= 0.6 is 10.6 Å². The largest absolute Gasteiger partial charge is 0.489 e. The highest BCUT2D eigenvalue weighted by Gasteiger charge is 2.14. The van der Waals surface area contributed by atoms with E-state index in [-0.39, 0.29) is 11.3 Å². The van der Waals surface area contributed by atoms with Crippen LogP contribution in [0.15, 0.2) is 65.6 Å². The minimum atomic E-state index is -2.69. The first-order valence-electron chi connectivity index (χ1n) is 9.49. The van der Waals surface area contributed by atoms with Gasteiger partial charge in [-0.25, -0.2) is 0 Å². The van der Waals surface area contributed by atoms with Crippen LogP contribution in [-0.4, -0.2) is 19.4 Å². The average molecular weight is 414 g/mol. The molecule has 3 aromatic rings. The molecule has 0 aliphatic rings. The second-order valence-corrected chi connectivity index (χ2v) is 9.67. The summed E-state index contributed by atoms with van der Waals surface area (Å²) in [4.78, 5) is 12.0. The molecule has 0 fully saturated rings. The molecule has 0 saturated heterocycles. The van der Waals surface area contributed by atoms with Crippen LogP contribution in [0.25, 0.3) is 11.1 Å². The Morgan fingerprint density at radius 1 is 1.00 bits per heavy atom. The lowest BCUT2D eigenvalue weighted by molar-refractivity contribution is 0.306. The Kier molecular flexibility index (Phi) is 6.47. The molecule has 0 aliphatic carbocycles. The quantitative estimate of drug-likeness (QED) is 0.558. The zero-order valence-electron chi connectivity index (χ0n) is 17.0. The number of nitrogens with zero attached hydrogens (tertiary/aromatic N) is 1. The van der Waals surface area contributed by atoms with Crippen molar-refractivity contribution in [3.05, 3.63) is 87.8 Å². The summed E-state index contributed by atoms with van der Waals surface area (Å²) in [7, 11) is -0.964. The Hall–Kier alpha value is -2.54. The molecule has 0 spiro atoms. The van der Waals surface area contributed by atoms with E-state index in [4.69, 9.17) is 4.74 Å². The third-order valence-corrected chi connectivity index (χ3v) is 6.49. The molecule has 1 aromatic heterocycles. The number of ether oxygens (including phenoxy) is 1. The van der Waals surface area contributed by atoms with Crippen LogP contribution in [0.2, 0.25) is 0 Å². The molecular weight excluding hydrogens is 386 g/mol. The van der Waals surface area contributed by atoms with Crippen molar-refractivity contribution in [2.75, 3.05) is 5.75 Å². The number of hydrogen-bond acceptors (Lipinski definition) is 4. The van der Waals surface area contributed by atoms with Crippen LogP contribution in [0.1, 0.15) is 23.6 Å². The van der Waals surface area contributed by atoms with Crippen molar-refractivity contribution >= 4 is 10.6 Å². The van der Waals surface area contributed by atoms with Crippen LogP contribution in [0, 0.1) is 6.92 Å². The Balaban J connectivity index is 1.99. The molecule has 0 saturated carbocycles. The summed E-state index contributed by atoms with van der Waals surface area (Å²) in [5.74, 6) is 1.12. The van der Waals surface area contributed by atoms with Crippen molar-refractivity contribution < 1.29 is 13.8 Å². The maximum atomic E-state index is 12.0. The van der Waals surface area contributed by atoms with Crippen LogP contribution in [0.4, 0.5) is 0 Å². The first-order valence-corrected chi connectivity index (χ1v) is 11.4. The van der Waals surface area contributed by atoms with E-state index in [1.54, 1.807) is 31.7 Å². The standard InChI is InChI=1S/C23H27NO4S/c1-4-29(26,27)16-19-11-20(21-10-17(2)23(25)24(3)14-21)13-22(12-19)28-15-18-8-6-5-7-9-18/h5-14,26-27H,4,15-16H2,1-3H3. The van der Waals surface area contributed by atoms with Gasteiger partial charge in [-0.1, -0.05) is 30.3 Å². The van der Waals surface area contributed by atoms with Crippen LogP contribution < -0.4 is 10.3 Å². The summed E-state index contributed by atoms with van der Waals surface area (Å²) in [6.07, 6.45) is 1.78. The number of hydrogen-bond donors (Lipinski definition) is 2. The third-order valence-electron chi connectivity index (χ3n) is 4.77. The van der Waals surface area contributed by atoms with E-state index in [9.17, 15) is 13.9 Å². The van der Waals surface area contributed by atoms with Crippen LogP contribution in [0.5, 0.6) is 5.75 Å². The first-order chi connectivity index (χ1) is 13.8. The van der Waals surface area contributed by atoms with Crippen molar-refractivity contribution in [3.8, 4) is 16.9 Å². The molecule has 5 nitrogen and oxygen atoms in total.